The van der Waals surface area contributed by atoms with Crippen LogP contribution < -0.4 is 22.1 Å². The highest BCUT2D eigenvalue weighted by Gasteiger charge is 2.42. The average molecular weight is 316 g/mol. The normalized spacial score (nSPS) is 21.3. The molecule has 0 radical (unpaired) electrons. The summed E-state index contributed by atoms with van der Waals surface area (Å²) in [6.45, 7) is 14.9. The highest BCUT2D eigenvalue weighted by Crippen LogP contribution is 2.36. The van der Waals surface area contributed by atoms with Gasteiger partial charge >= 0.3 is 0 Å². The topological polar surface area (TPSA) is 79.3 Å². The standard InChI is InChI=1S/C14H30N2.C3H11N3/c1-7-8-9-15-12-10-13(2,3)16(6)14(4,5)11-12;4-1-2-6-3-5/h12,15H,7-11H2,1-6H3;6H,1-5H2. The van der Waals surface area contributed by atoms with Gasteiger partial charge in [-0.15, -0.1) is 0 Å². The SMILES string of the molecule is CCCCNC1CC(C)(C)N(C)C(C)(C)C1.NCCNCN. The molecule has 0 aromatic heterocycles. The van der Waals surface area contributed by atoms with Crippen LogP contribution in [-0.2, 0) is 0 Å². The summed E-state index contributed by atoms with van der Waals surface area (Å²) in [5, 5.41) is 6.58. The molecule has 0 aromatic rings. The Morgan fingerprint density at radius 1 is 1.05 bits per heavy atom. The van der Waals surface area contributed by atoms with E-state index in [1.54, 1.807) is 0 Å². The highest BCUT2D eigenvalue weighted by atomic mass is 15.2. The van der Waals surface area contributed by atoms with Crippen molar-refractivity contribution in [3.05, 3.63) is 0 Å². The average Bonchev–Trinajstić information content (AvgIpc) is 2.43. The number of hydrogen-bond donors (Lipinski definition) is 4. The Kier molecular flexibility index (Phi) is 10.5. The molecule has 1 rings (SSSR count). The molecule has 0 unspecified atom stereocenters. The first-order valence-electron chi connectivity index (χ1n) is 8.79. The second-order valence-electron chi connectivity index (χ2n) is 7.59. The second-order valence-corrected chi connectivity index (χ2v) is 7.59. The number of rotatable bonds is 7. The number of unbranched alkanes of at least 4 members (excludes halogenated alkanes) is 1. The van der Waals surface area contributed by atoms with Crippen LogP contribution in [0.25, 0.3) is 0 Å². The minimum Gasteiger partial charge on any atom is -0.329 e. The summed E-state index contributed by atoms with van der Waals surface area (Å²) < 4.78 is 0. The Bertz CT molecular complexity index is 256. The number of nitrogens with zero attached hydrogens (tertiary/aromatic N) is 1. The zero-order valence-electron chi connectivity index (χ0n) is 15.8. The van der Waals surface area contributed by atoms with E-state index >= 15 is 0 Å². The van der Waals surface area contributed by atoms with E-state index in [0.717, 1.165) is 6.54 Å². The molecule has 5 heteroatoms. The highest BCUT2D eigenvalue weighted by molar-refractivity contribution is 5.00. The van der Waals surface area contributed by atoms with Crippen LogP contribution in [-0.4, -0.2) is 55.4 Å². The van der Waals surface area contributed by atoms with Gasteiger partial charge in [-0.25, -0.2) is 0 Å². The summed E-state index contributed by atoms with van der Waals surface area (Å²) in [5.41, 5.74) is 10.8. The van der Waals surface area contributed by atoms with E-state index in [2.05, 4.69) is 57.2 Å². The van der Waals surface area contributed by atoms with Gasteiger partial charge in [-0.1, -0.05) is 13.3 Å². The van der Waals surface area contributed by atoms with Crippen molar-refractivity contribution in [2.24, 2.45) is 11.5 Å². The Morgan fingerprint density at radius 2 is 1.59 bits per heavy atom. The Labute approximate surface area is 138 Å². The third-order valence-electron chi connectivity index (χ3n) is 4.74. The van der Waals surface area contributed by atoms with Gasteiger partial charge in [-0.05, 0) is 60.5 Å². The lowest BCUT2D eigenvalue weighted by molar-refractivity contribution is -0.0180. The summed E-state index contributed by atoms with van der Waals surface area (Å²) in [6.07, 6.45) is 5.10. The van der Waals surface area contributed by atoms with E-state index in [1.165, 1.54) is 32.2 Å². The van der Waals surface area contributed by atoms with Gasteiger partial charge in [0.25, 0.3) is 0 Å². The van der Waals surface area contributed by atoms with Gasteiger partial charge in [-0.3, -0.25) is 4.90 Å². The van der Waals surface area contributed by atoms with Crippen LogP contribution in [0.5, 0.6) is 0 Å². The third kappa shape index (κ3) is 7.88. The fourth-order valence-electron chi connectivity index (χ4n) is 3.20. The van der Waals surface area contributed by atoms with Gasteiger partial charge in [-0.2, -0.15) is 0 Å². The number of piperidine rings is 1. The van der Waals surface area contributed by atoms with E-state index in [-0.39, 0.29) is 0 Å². The molecule has 0 bridgehead atoms. The lowest BCUT2D eigenvalue weighted by atomic mass is 9.77. The lowest BCUT2D eigenvalue weighted by Crippen LogP contribution is -2.62. The molecule has 134 valence electrons. The molecular formula is C17H41N5. The Balaban J connectivity index is 0.000000626. The van der Waals surface area contributed by atoms with E-state index in [0.29, 0.717) is 30.3 Å². The third-order valence-corrected chi connectivity index (χ3v) is 4.74. The molecule has 22 heavy (non-hydrogen) atoms. The van der Waals surface area contributed by atoms with Crippen molar-refractivity contribution in [2.75, 3.05) is 33.4 Å². The zero-order chi connectivity index (χ0) is 17.2. The molecular weight excluding hydrogens is 274 g/mol. The van der Waals surface area contributed by atoms with E-state index in [1.807, 2.05) is 0 Å². The van der Waals surface area contributed by atoms with Crippen LogP contribution >= 0.6 is 0 Å². The van der Waals surface area contributed by atoms with Crippen molar-refractivity contribution in [1.82, 2.24) is 15.5 Å². The van der Waals surface area contributed by atoms with Crippen molar-refractivity contribution >= 4 is 0 Å². The summed E-state index contributed by atoms with van der Waals surface area (Å²) >= 11 is 0. The Hall–Kier alpha value is -0.200. The molecule has 0 aliphatic carbocycles. The molecule has 6 N–H and O–H groups in total. The van der Waals surface area contributed by atoms with Crippen LogP contribution in [0.3, 0.4) is 0 Å². The summed E-state index contributed by atoms with van der Waals surface area (Å²) in [6, 6.07) is 0.688. The zero-order valence-corrected chi connectivity index (χ0v) is 15.8. The van der Waals surface area contributed by atoms with Crippen molar-refractivity contribution in [3.63, 3.8) is 0 Å². The molecule has 1 saturated heterocycles. The van der Waals surface area contributed by atoms with Gasteiger partial charge in [0.1, 0.15) is 0 Å². The minimum absolute atomic E-state index is 0.311. The van der Waals surface area contributed by atoms with E-state index < -0.39 is 0 Å². The minimum atomic E-state index is 0.311. The second kappa shape index (κ2) is 10.6. The first-order chi connectivity index (χ1) is 10.2. The summed E-state index contributed by atoms with van der Waals surface area (Å²) in [4.78, 5) is 2.54. The van der Waals surface area contributed by atoms with Crippen molar-refractivity contribution < 1.29 is 0 Å². The number of hydrogen-bond acceptors (Lipinski definition) is 5. The van der Waals surface area contributed by atoms with Gasteiger partial charge in [0.05, 0.1) is 0 Å². The van der Waals surface area contributed by atoms with E-state index in [4.69, 9.17) is 11.5 Å². The van der Waals surface area contributed by atoms with Crippen LogP contribution in [0.4, 0.5) is 0 Å². The maximum absolute atomic E-state index is 5.10. The number of nitrogens with two attached hydrogens (primary N) is 2. The largest absolute Gasteiger partial charge is 0.329 e. The van der Waals surface area contributed by atoms with Crippen molar-refractivity contribution in [1.29, 1.82) is 0 Å². The summed E-state index contributed by atoms with van der Waals surface area (Å²) in [5.74, 6) is 0. The maximum Gasteiger partial charge on any atom is 0.0429 e. The molecule has 0 atom stereocenters. The van der Waals surface area contributed by atoms with Gasteiger partial charge < -0.3 is 22.1 Å². The molecule has 0 aromatic carbocycles. The molecule has 0 amide bonds. The van der Waals surface area contributed by atoms with Crippen molar-refractivity contribution in [2.45, 2.75) is 77.4 Å². The summed E-state index contributed by atoms with van der Waals surface area (Å²) in [7, 11) is 2.27. The lowest BCUT2D eigenvalue weighted by Gasteiger charge is -2.53. The molecule has 1 heterocycles. The van der Waals surface area contributed by atoms with Gasteiger partial charge in [0.15, 0.2) is 0 Å². The number of nitrogens with one attached hydrogen (secondary N) is 2. The molecule has 1 aliphatic heterocycles. The fraction of sp³-hybridized carbons (Fsp3) is 1.00. The van der Waals surface area contributed by atoms with Crippen LogP contribution in [0.2, 0.25) is 0 Å². The predicted octanol–water partition coefficient (Wildman–Crippen LogP) is 1.48. The number of likely N-dealkylation sites (tertiary alicyclic amines) is 1. The van der Waals surface area contributed by atoms with Gasteiger partial charge in [0, 0.05) is 36.9 Å². The van der Waals surface area contributed by atoms with Crippen LogP contribution in [0.1, 0.15) is 60.3 Å². The molecule has 5 nitrogen and oxygen atoms in total. The molecule has 0 spiro atoms. The van der Waals surface area contributed by atoms with Gasteiger partial charge in [0.2, 0.25) is 0 Å². The van der Waals surface area contributed by atoms with E-state index in [9.17, 15) is 0 Å². The monoisotopic (exact) mass is 315 g/mol. The first-order valence-corrected chi connectivity index (χ1v) is 8.79. The maximum atomic E-state index is 5.10. The van der Waals surface area contributed by atoms with Crippen LogP contribution in [0.15, 0.2) is 0 Å². The fourth-order valence-corrected chi connectivity index (χ4v) is 3.20. The molecule has 0 saturated carbocycles. The van der Waals surface area contributed by atoms with Crippen LogP contribution in [0, 0.1) is 0 Å². The molecule has 1 fully saturated rings. The quantitative estimate of drug-likeness (QED) is 0.423. The Morgan fingerprint density at radius 3 is 1.95 bits per heavy atom. The predicted molar refractivity (Wildman–Crippen MR) is 98.0 cm³/mol. The van der Waals surface area contributed by atoms with Crippen molar-refractivity contribution in [3.8, 4) is 0 Å². The smallest absolute Gasteiger partial charge is 0.0429 e. The molecule has 1 aliphatic rings. The first kappa shape index (κ1) is 21.8.